The SMILES string of the molecule is CC(Nc1ccc(Cl)cc1)C1CCCN(C)C1. The van der Waals surface area contributed by atoms with Gasteiger partial charge in [-0.2, -0.15) is 0 Å². The Balaban J connectivity index is 1.91. The average Bonchev–Trinajstić information content (AvgIpc) is 2.32. The zero-order chi connectivity index (χ0) is 12.3. The maximum Gasteiger partial charge on any atom is 0.0407 e. The minimum absolute atomic E-state index is 0.513. The van der Waals surface area contributed by atoms with E-state index in [0.29, 0.717) is 6.04 Å². The molecule has 1 aliphatic heterocycles. The van der Waals surface area contributed by atoms with Gasteiger partial charge < -0.3 is 10.2 Å². The lowest BCUT2D eigenvalue weighted by molar-refractivity contribution is 0.197. The van der Waals surface area contributed by atoms with Crippen molar-refractivity contribution in [2.24, 2.45) is 5.92 Å². The van der Waals surface area contributed by atoms with Crippen molar-refractivity contribution in [2.45, 2.75) is 25.8 Å². The molecule has 1 fully saturated rings. The second kappa shape index (κ2) is 5.74. The van der Waals surface area contributed by atoms with Crippen LogP contribution < -0.4 is 5.32 Å². The van der Waals surface area contributed by atoms with E-state index in [-0.39, 0.29) is 0 Å². The van der Waals surface area contributed by atoms with Gasteiger partial charge in [0.2, 0.25) is 0 Å². The third-order valence-electron chi connectivity index (χ3n) is 3.61. The van der Waals surface area contributed by atoms with Gasteiger partial charge in [0.1, 0.15) is 0 Å². The zero-order valence-corrected chi connectivity index (χ0v) is 11.4. The Bertz CT molecular complexity index is 350. The highest BCUT2D eigenvalue weighted by Gasteiger charge is 2.22. The summed E-state index contributed by atoms with van der Waals surface area (Å²) in [5.74, 6) is 0.740. The Morgan fingerprint density at radius 2 is 2.06 bits per heavy atom. The first kappa shape index (κ1) is 12.7. The molecule has 1 saturated heterocycles. The summed E-state index contributed by atoms with van der Waals surface area (Å²) in [6, 6.07) is 8.48. The minimum atomic E-state index is 0.513. The fourth-order valence-electron chi connectivity index (χ4n) is 2.54. The lowest BCUT2D eigenvalue weighted by Gasteiger charge is -2.34. The van der Waals surface area contributed by atoms with Crippen molar-refractivity contribution in [3.8, 4) is 0 Å². The maximum absolute atomic E-state index is 5.88. The number of likely N-dealkylation sites (tertiary alicyclic amines) is 1. The highest BCUT2D eigenvalue weighted by molar-refractivity contribution is 6.30. The molecule has 2 atom stereocenters. The Hall–Kier alpha value is -0.730. The summed E-state index contributed by atoms with van der Waals surface area (Å²) < 4.78 is 0. The molecule has 0 spiro atoms. The summed E-state index contributed by atoms with van der Waals surface area (Å²) in [5, 5.41) is 4.37. The molecule has 0 amide bonds. The molecular formula is C14H21ClN2. The number of hydrogen-bond donors (Lipinski definition) is 1. The maximum atomic E-state index is 5.88. The van der Waals surface area contributed by atoms with E-state index in [1.54, 1.807) is 0 Å². The largest absolute Gasteiger partial charge is 0.382 e. The average molecular weight is 253 g/mol. The predicted molar refractivity (Wildman–Crippen MR) is 74.8 cm³/mol. The molecule has 1 heterocycles. The van der Waals surface area contributed by atoms with Gasteiger partial charge in [-0.25, -0.2) is 0 Å². The highest BCUT2D eigenvalue weighted by Crippen LogP contribution is 2.22. The van der Waals surface area contributed by atoms with Crippen molar-refractivity contribution in [2.75, 3.05) is 25.5 Å². The summed E-state index contributed by atoms with van der Waals surface area (Å²) >= 11 is 5.88. The van der Waals surface area contributed by atoms with Gasteiger partial charge in [0.15, 0.2) is 0 Å². The van der Waals surface area contributed by atoms with Crippen LogP contribution in [0.25, 0.3) is 0 Å². The first-order valence-electron chi connectivity index (χ1n) is 6.36. The molecule has 3 heteroatoms. The topological polar surface area (TPSA) is 15.3 Å². The van der Waals surface area contributed by atoms with E-state index < -0.39 is 0 Å². The molecule has 0 saturated carbocycles. The fraction of sp³-hybridized carbons (Fsp3) is 0.571. The number of rotatable bonds is 3. The number of nitrogens with one attached hydrogen (secondary N) is 1. The van der Waals surface area contributed by atoms with Gasteiger partial charge in [0.25, 0.3) is 0 Å². The van der Waals surface area contributed by atoms with Crippen LogP contribution in [0.1, 0.15) is 19.8 Å². The number of hydrogen-bond acceptors (Lipinski definition) is 2. The van der Waals surface area contributed by atoms with Crippen LogP contribution in [0.2, 0.25) is 5.02 Å². The third kappa shape index (κ3) is 3.62. The van der Waals surface area contributed by atoms with Crippen molar-refractivity contribution < 1.29 is 0 Å². The van der Waals surface area contributed by atoms with E-state index in [1.807, 2.05) is 24.3 Å². The predicted octanol–water partition coefficient (Wildman–Crippen LogP) is 3.48. The van der Waals surface area contributed by atoms with Gasteiger partial charge in [-0.05, 0) is 63.5 Å². The number of piperidine rings is 1. The van der Waals surface area contributed by atoms with Gasteiger partial charge in [-0.1, -0.05) is 11.6 Å². The Morgan fingerprint density at radius 1 is 1.35 bits per heavy atom. The molecular weight excluding hydrogens is 232 g/mol. The Kier molecular flexibility index (Phi) is 4.30. The highest BCUT2D eigenvalue weighted by atomic mass is 35.5. The molecule has 2 unspecified atom stereocenters. The van der Waals surface area contributed by atoms with Crippen LogP contribution in [0.3, 0.4) is 0 Å². The van der Waals surface area contributed by atoms with Crippen molar-refractivity contribution >= 4 is 17.3 Å². The lowest BCUT2D eigenvalue weighted by Crippen LogP contribution is -2.39. The summed E-state index contributed by atoms with van der Waals surface area (Å²) in [7, 11) is 2.21. The molecule has 1 aromatic carbocycles. The van der Waals surface area contributed by atoms with Gasteiger partial charge in [0.05, 0.1) is 0 Å². The standard InChI is InChI=1S/C14H21ClN2/c1-11(12-4-3-9-17(2)10-12)16-14-7-5-13(15)6-8-14/h5-8,11-12,16H,3-4,9-10H2,1-2H3. The number of halogens is 1. The number of nitrogens with zero attached hydrogens (tertiary/aromatic N) is 1. The molecule has 0 bridgehead atoms. The zero-order valence-electron chi connectivity index (χ0n) is 10.6. The second-order valence-corrected chi connectivity index (χ2v) is 5.54. The molecule has 1 aromatic rings. The fourth-order valence-corrected chi connectivity index (χ4v) is 2.67. The quantitative estimate of drug-likeness (QED) is 0.886. The van der Waals surface area contributed by atoms with Crippen LogP contribution in [0, 0.1) is 5.92 Å². The summed E-state index contributed by atoms with van der Waals surface area (Å²) in [6.45, 7) is 4.71. The molecule has 17 heavy (non-hydrogen) atoms. The molecule has 0 aliphatic carbocycles. The van der Waals surface area contributed by atoms with Crippen molar-refractivity contribution in [3.05, 3.63) is 29.3 Å². The summed E-state index contributed by atoms with van der Waals surface area (Å²) in [4.78, 5) is 2.42. The normalized spacial score (nSPS) is 23.4. The van der Waals surface area contributed by atoms with Gasteiger partial charge in [-0.15, -0.1) is 0 Å². The van der Waals surface area contributed by atoms with Gasteiger partial charge in [0, 0.05) is 23.3 Å². The van der Waals surface area contributed by atoms with E-state index in [0.717, 1.165) is 16.6 Å². The molecule has 2 rings (SSSR count). The van der Waals surface area contributed by atoms with E-state index in [4.69, 9.17) is 11.6 Å². The minimum Gasteiger partial charge on any atom is -0.382 e. The summed E-state index contributed by atoms with van der Waals surface area (Å²) in [6.07, 6.45) is 2.64. The number of benzene rings is 1. The second-order valence-electron chi connectivity index (χ2n) is 5.10. The Morgan fingerprint density at radius 3 is 2.71 bits per heavy atom. The van der Waals surface area contributed by atoms with Gasteiger partial charge >= 0.3 is 0 Å². The Labute approximate surface area is 109 Å². The molecule has 1 aliphatic rings. The smallest absolute Gasteiger partial charge is 0.0407 e. The van der Waals surface area contributed by atoms with E-state index in [1.165, 1.54) is 25.9 Å². The van der Waals surface area contributed by atoms with E-state index in [9.17, 15) is 0 Å². The van der Waals surface area contributed by atoms with E-state index in [2.05, 4.69) is 24.2 Å². The molecule has 94 valence electrons. The third-order valence-corrected chi connectivity index (χ3v) is 3.86. The van der Waals surface area contributed by atoms with Crippen LogP contribution in [0.5, 0.6) is 0 Å². The van der Waals surface area contributed by atoms with Crippen LogP contribution in [0.15, 0.2) is 24.3 Å². The first-order valence-corrected chi connectivity index (χ1v) is 6.73. The lowest BCUT2D eigenvalue weighted by atomic mass is 9.92. The number of anilines is 1. The van der Waals surface area contributed by atoms with Crippen molar-refractivity contribution in [1.29, 1.82) is 0 Å². The molecule has 2 nitrogen and oxygen atoms in total. The van der Waals surface area contributed by atoms with Crippen LogP contribution in [-0.4, -0.2) is 31.1 Å². The monoisotopic (exact) mass is 252 g/mol. The van der Waals surface area contributed by atoms with Crippen LogP contribution in [0.4, 0.5) is 5.69 Å². The van der Waals surface area contributed by atoms with Gasteiger partial charge in [-0.3, -0.25) is 0 Å². The molecule has 0 radical (unpaired) electrons. The first-order chi connectivity index (χ1) is 8.15. The molecule has 0 aromatic heterocycles. The van der Waals surface area contributed by atoms with Crippen LogP contribution >= 0.6 is 11.6 Å². The van der Waals surface area contributed by atoms with Crippen molar-refractivity contribution in [1.82, 2.24) is 4.90 Å². The van der Waals surface area contributed by atoms with Crippen LogP contribution in [-0.2, 0) is 0 Å². The van der Waals surface area contributed by atoms with E-state index >= 15 is 0 Å². The summed E-state index contributed by atoms with van der Waals surface area (Å²) in [5.41, 5.74) is 1.16. The van der Waals surface area contributed by atoms with Crippen molar-refractivity contribution in [3.63, 3.8) is 0 Å². The molecule has 1 N–H and O–H groups in total.